The van der Waals surface area contributed by atoms with Crippen LogP contribution in [0.5, 0.6) is 0 Å². The Kier molecular flexibility index (Phi) is 5.30. The molecule has 0 aliphatic carbocycles. The molecule has 116 valence electrons. The standard InChI is InChI=1S/C13H7Cl5N2O2/c14-8-7(9(15)11(17)12(18)10(8)16)13-4(2-6(21)22)1-5(19)3-20-13/h1,3H,2,19H2,(H,21,22). The zero-order chi connectivity index (χ0) is 16.6. The molecule has 22 heavy (non-hydrogen) atoms. The van der Waals surface area contributed by atoms with E-state index in [1.165, 1.54) is 12.3 Å². The lowest BCUT2D eigenvalue weighted by atomic mass is 10.0. The molecule has 2 aromatic rings. The number of nitrogens with two attached hydrogens (primary N) is 1. The van der Waals surface area contributed by atoms with E-state index < -0.39 is 5.97 Å². The first-order valence-electron chi connectivity index (χ1n) is 5.72. The zero-order valence-corrected chi connectivity index (χ0v) is 14.4. The average molecular weight is 400 g/mol. The highest BCUT2D eigenvalue weighted by molar-refractivity contribution is 6.56. The van der Waals surface area contributed by atoms with Gasteiger partial charge in [-0.25, -0.2) is 0 Å². The van der Waals surface area contributed by atoms with Crippen molar-refractivity contribution >= 4 is 69.7 Å². The Bertz CT molecular complexity index is 751. The number of nitrogens with zero attached hydrogens (tertiary/aromatic N) is 1. The van der Waals surface area contributed by atoms with E-state index in [0.29, 0.717) is 11.3 Å². The number of carboxylic acid groups (broad SMARTS) is 1. The monoisotopic (exact) mass is 398 g/mol. The van der Waals surface area contributed by atoms with Crippen LogP contribution in [-0.4, -0.2) is 16.1 Å². The van der Waals surface area contributed by atoms with Crippen LogP contribution in [0.3, 0.4) is 0 Å². The fraction of sp³-hybridized carbons (Fsp3) is 0.0769. The number of rotatable bonds is 3. The number of halogens is 5. The van der Waals surface area contributed by atoms with E-state index in [4.69, 9.17) is 68.8 Å². The number of carbonyl (C=O) groups is 1. The van der Waals surface area contributed by atoms with Crippen LogP contribution in [0.4, 0.5) is 5.69 Å². The lowest BCUT2D eigenvalue weighted by molar-refractivity contribution is -0.136. The van der Waals surface area contributed by atoms with Crippen LogP contribution < -0.4 is 5.73 Å². The van der Waals surface area contributed by atoms with Crippen molar-refractivity contribution in [3.8, 4) is 11.3 Å². The number of pyridine rings is 1. The van der Waals surface area contributed by atoms with Crippen molar-refractivity contribution in [1.29, 1.82) is 0 Å². The summed E-state index contributed by atoms with van der Waals surface area (Å²) in [5, 5.41) is 9.10. The summed E-state index contributed by atoms with van der Waals surface area (Å²) in [4.78, 5) is 15.1. The smallest absolute Gasteiger partial charge is 0.307 e. The molecule has 4 nitrogen and oxygen atoms in total. The van der Waals surface area contributed by atoms with Gasteiger partial charge in [-0.1, -0.05) is 58.0 Å². The van der Waals surface area contributed by atoms with E-state index in [0.717, 1.165) is 0 Å². The van der Waals surface area contributed by atoms with Crippen molar-refractivity contribution in [2.24, 2.45) is 0 Å². The molecule has 2 rings (SSSR count). The van der Waals surface area contributed by atoms with Gasteiger partial charge >= 0.3 is 5.97 Å². The molecule has 0 spiro atoms. The molecule has 3 N–H and O–H groups in total. The summed E-state index contributed by atoms with van der Waals surface area (Å²) in [6.07, 6.45) is 1.03. The third kappa shape index (κ3) is 3.21. The zero-order valence-electron chi connectivity index (χ0n) is 10.6. The second-order valence-corrected chi connectivity index (χ2v) is 6.18. The van der Waals surface area contributed by atoms with Gasteiger partial charge in [0.15, 0.2) is 0 Å². The van der Waals surface area contributed by atoms with Crippen LogP contribution in [0.25, 0.3) is 11.3 Å². The molecule has 0 saturated carbocycles. The van der Waals surface area contributed by atoms with Crippen LogP contribution in [0, 0.1) is 0 Å². The van der Waals surface area contributed by atoms with Gasteiger partial charge in [0, 0.05) is 5.56 Å². The molecule has 0 unspecified atom stereocenters. The Hall–Kier alpha value is -0.910. The molecule has 0 atom stereocenters. The normalized spacial score (nSPS) is 10.8. The van der Waals surface area contributed by atoms with Crippen LogP contribution in [0.2, 0.25) is 25.1 Å². The van der Waals surface area contributed by atoms with Crippen molar-refractivity contribution in [1.82, 2.24) is 4.98 Å². The Balaban J connectivity index is 2.80. The van der Waals surface area contributed by atoms with Crippen LogP contribution in [0.1, 0.15) is 5.56 Å². The fourth-order valence-electron chi connectivity index (χ4n) is 1.86. The van der Waals surface area contributed by atoms with Crippen molar-refractivity contribution in [2.75, 3.05) is 5.73 Å². The number of nitrogen functional groups attached to an aromatic ring is 1. The van der Waals surface area contributed by atoms with Gasteiger partial charge < -0.3 is 10.8 Å². The number of carboxylic acids is 1. The number of hydrogen-bond donors (Lipinski definition) is 2. The minimum absolute atomic E-state index is 0.00707. The summed E-state index contributed by atoms with van der Waals surface area (Å²) in [5.41, 5.74) is 6.71. The molecule has 0 aliphatic rings. The summed E-state index contributed by atoms with van der Waals surface area (Å²) in [6, 6.07) is 1.47. The van der Waals surface area contributed by atoms with Gasteiger partial charge in [-0.3, -0.25) is 9.78 Å². The fourth-order valence-corrected chi connectivity index (χ4v) is 3.18. The molecule has 1 heterocycles. The van der Waals surface area contributed by atoms with Crippen LogP contribution >= 0.6 is 58.0 Å². The number of anilines is 1. The molecule has 0 saturated heterocycles. The molecule has 0 amide bonds. The number of hydrogen-bond acceptors (Lipinski definition) is 3. The maximum atomic E-state index is 11.0. The van der Waals surface area contributed by atoms with Gasteiger partial charge in [0.2, 0.25) is 0 Å². The highest BCUT2D eigenvalue weighted by Crippen LogP contribution is 2.48. The molecule has 9 heteroatoms. The van der Waals surface area contributed by atoms with Crippen molar-refractivity contribution < 1.29 is 9.90 Å². The predicted octanol–water partition coefficient (Wildman–Crippen LogP) is 5.22. The van der Waals surface area contributed by atoms with Crippen molar-refractivity contribution in [2.45, 2.75) is 6.42 Å². The first kappa shape index (κ1) is 17.4. The minimum Gasteiger partial charge on any atom is -0.481 e. The lowest BCUT2D eigenvalue weighted by Crippen LogP contribution is -2.05. The third-order valence-electron chi connectivity index (χ3n) is 2.78. The first-order chi connectivity index (χ1) is 10.2. The van der Waals surface area contributed by atoms with Gasteiger partial charge in [0.25, 0.3) is 0 Å². The second kappa shape index (κ2) is 6.69. The maximum Gasteiger partial charge on any atom is 0.307 e. The molecule has 0 fully saturated rings. The number of benzene rings is 1. The molecule has 1 aromatic heterocycles. The molecule has 0 bridgehead atoms. The van der Waals surface area contributed by atoms with E-state index >= 15 is 0 Å². The molecule has 0 aliphatic heterocycles. The van der Waals surface area contributed by atoms with Gasteiger partial charge in [-0.05, 0) is 11.6 Å². The van der Waals surface area contributed by atoms with E-state index in [9.17, 15) is 4.79 Å². The molecular weight excluding hydrogens is 393 g/mol. The largest absolute Gasteiger partial charge is 0.481 e. The number of aromatic nitrogens is 1. The van der Waals surface area contributed by atoms with Crippen molar-refractivity contribution in [3.63, 3.8) is 0 Å². The Morgan fingerprint density at radius 3 is 2.05 bits per heavy atom. The Labute approximate surface area is 150 Å². The van der Waals surface area contributed by atoms with Crippen molar-refractivity contribution in [3.05, 3.63) is 42.9 Å². The Morgan fingerprint density at radius 1 is 1.05 bits per heavy atom. The molecule has 0 radical (unpaired) electrons. The molecular formula is C13H7Cl5N2O2. The lowest BCUT2D eigenvalue weighted by Gasteiger charge is -2.15. The van der Waals surface area contributed by atoms with E-state index in [2.05, 4.69) is 4.98 Å². The number of aliphatic carboxylic acids is 1. The topological polar surface area (TPSA) is 76.2 Å². The van der Waals surface area contributed by atoms with Gasteiger partial charge in [0.1, 0.15) is 0 Å². The Morgan fingerprint density at radius 2 is 1.55 bits per heavy atom. The third-order valence-corrected chi connectivity index (χ3v) is 5.05. The van der Waals surface area contributed by atoms with E-state index in [1.807, 2.05) is 0 Å². The predicted molar refractivity (Wildman–Crippen MR) is 90.5 cm³/mol. The SMILES string of the molecule is Nc1cnc(-c2c(Cl)c(Cl)c(Cl)c(Cl)c2Cl)c(CC(=O)O)c1. The minimum atomic E-state index is -1.06. The summed E-state index contributed by atoms with van der Waals surface area (Å²) in [6.45, 7) is 0. The summed E-state index contributed by atoms with van der Waals surface area (Å²) in [5.74, 6) is -1.06. The average Bonchev–Trinajstić information content (AvgIpc) is 2.45. The highest BCUT2D eigenvalue weighted by atomic mass is 35.5. The quantitative estimate of drug-likeness (QED) is 0.547. The van der Waals surface area contributed by atoms with Gasteiger partial charge in [-0.2, -0.15) is 0 Å². The van der Waals surface area contributed by atoms with Gasteiger partial charge in [0.05, 0.1) is 49.1 Å². The van der Waals surface area contributed by atoms with Crippen LogP contribution in [0.15, 0.2) is 12.3 Å². The summed E-state index contributed by atoms with van der Waals surface area (Å²) >= 11 is 30.3. The second-order valence-electron chi connectivity index (χ2n) is 4.29. The first-order valence-corrected chi connectivity index (χ1v) is 7.61. The van der Waals surface area contributed by atoms with E-state index in [-0.39, 0.29) is 42.8 Å². The highest BCUT2D eigenvalue weighted by Gasteiger charge is 2.23. The van der Waals surface area contributed by atoms with Gasteiger partial charge in [-0.15, -0.1) is 0 Å². The molecule has 1 aromatic carbocycles. The van der Waals surface area contributed by atoms with Crippen LogP contribution in [-0.2, 0) is 11.2 Å². The maximum absolute atomic E-state index is 11.0. The van der Waals surface area contributed by atoms with E-state index in [1.54, 1.807) is 0 Å². The summed E-state index contributed by atoms with van der Waals surface area (Å²) < 4.78 is 0. The summed E-state index contributed by atoms with van der Waals surface area (Å²) in [7, 11) is 0.